The van der Waals surface area contributed by atoms with Crippen LogP contribution in [0.3, 0.4) is 0 Å². The van der Waals surface area contributed by atoms with Crippen molar-refractivity contribution in [3.05, 3.63) is 65.9 Å². The Morgan fingerprint density at radius 3 is 2.41 bits per heavy atom. The van der Waals surface area contributed by atoms with E-state index in [9.17, 15) is 0 Å². The number of fused-ring (bicyclic) bond motifs is 1. The number of nitrogens with zero attached hydrogens (tertiary/aromatic N) is 2. The van der Waals surface area contributed by atoms with Crippen LogP contribution in [0.15, 0.2) is 64.2 Å². The zero-order valence-electron chi connectivity index (χ0n) is 16.4. The average Bonchev–Trinajstić information content (AvgIpc) is 3.04. The second kappa shape index (κ2) is 9.37. The number of para-hydroxylation sites is 1. The lowest BCUT2D eigenvalue weighted by molar-refractivity contribution is -0.870. The Balaban J connectivity index is 0.00000261. The van der Waals surface area contributed by atoms with E-state index in [2.05, 4.69) is 44.3 Å². The summed E-state index contributed by atoms with van der Waals surface area (Å²) in [5.74, 6) is 0.891. The zero-order valence-corrected chi connectivity index (χ0v) is 18.6. The van der Waals surface area contributed by atoms with Gasteiger partial charge in [0.2, 0.25) is 0 Å². The molecule has 0 radical (unpaired) electrons. The summed E-state index contributed by atoms with van der Waals surface area (Å²) in [6, 6.07) is 16.1. The number of furan rings is 1. The second-order valence-corrected chi connectivity index (χ2v) is 7.46. The number of hydrogen-bond donors (Lipinski definition) is 0. The molecule has 4 nitrogen and oxygen atoms in total. The first kappa shape index (κ1) is 21.4. The van der Waals surface area contributed by atoms with Crippen LogP contribution in [0, 0.1) is 0 Å². The van der Waals surface area contributed by atoms with Crippen molar-refractivity contribution >= 4 is 16.7 Å². The van der Waals surface area contributed by atoms with Crippen molar-refractivity contribution in [3.8, 4) is 5.75 Å². The van der Waals surface area contributed by atoms with Crippen molar-refractivity contribution in [2.24, 2.45) is 4.99 Å². The average molecular weight is 478 g/mol. The Labute approximate surface area is 178 Å². The molecule has 27 heavy (non-hydrogen) atoms. The highest BCUT2D eigenvalue weighted by molar-refractivity contribution is 6.18. The van der Waals surface area contributed by atoms with Gasteiger partial charge in [-0.15, -0.1) is 0 Å². The molecule has 0 saturated heterocycles. The molecule has 0 aliphatic carbocycles. The molecular formula is C22H27IN2O2. The molecule has 0 atom stereocenters. The van der Waals surface area contributed by atoms with Crippen molar-refractivity contribution in [1.82, 2.24) is 0 Å². The lowest BCUT2D eigenvalue weighted by Gasteiger charge is -2.23. The van der Waals surface area contributed by atoms with Gasteiger partial charge in [0.1, 0.15) is 17.6 Å². The molecule has 0 spiro atoms. The lowest BCUT2D eigenvalue weighted by Crippen LogP contribution is -3.00. The van der Waals surface area contributed by atoms with Crippen LogP contribution in [0.25, 0.3) is 11.0 Å². The highest BCUT2D eigenvalue weighted by atomic mass is 127. The molecule has 1 heterocycles. The van der Waals surface area contributed by atoms with E-state index in [1.807, 2.05) is 37.4 Å². The fourth-order valence-electron chi connectivity index (χ4n) is 3.00. The summed E-state index contributed by atoms with van der Waals surface area (Å²) >= 11 is 0. The zero-order chi connectivity index (χ0) is 18.6. The highest BCUT2D eigenvalue weighted by Crippen LogP contribution is 2.24. The van der Waals surface area contributed by atoms with Gasteiger partial charge in [-0.3, -0.25) is 4.99 Å². The van der Waals surface area contributed by atoms with Crippen LogP contribution in [0.1, 0.15) is 17.5 Å². The van der Waals surface area contributed by atoms with E-state index in [0.717, 1.165) is 57.6 Å². The van der Waals surface area contributed by atoms with Crippen LogP contribution in [0.2, 0.25) is 0 Å². The third kappa shape index (κ3) is 5.56. The van der Waals surface area contributed by atoms with Gasteiger partial charge in [0.15, 0.2) is 0 Å². The highest BCUT2D eigenvalue weighted by Gasteiger charge is 2.13. The van der Waals surface area contributed by atoms with Gasteiger partial charge >= 0.3 is 0 Å². The van der Waals surface area contributed by atoms with E-state index in [-0.39, 0.29) is 24.0 Å². The number of benzene rings is 2. The molecule has 0 amide bonds. The first-order valence-electron chi connectivity index (χ1n) is 8.95. The fourth-order valence-corrected chi connectivity index (χ4v) is 3.00. The van der Waals surface area contributed by atoms with Crippen LogP contribution in [-0.2, 0) is 0 Å². The molecule has 0 unspecified atom stereocenters. The van der Waals surface area contributed by atoms with Crippen LogP contribution < -0.4 is 28.7 Å². The Morgan fingerprint density at radius 1 is 1.04 bits per heavy atom. The number of aliphatic imine (C=N–C) groups is 1. The molecular weight excluding hydrogens is 451 g/mol. The summed E-state index contributed by atoms with van der Waals surface area (Å²) in [6.45, 7) is 1.83. The quantitative estimate of drug-likeness (QED) is 0.223. The molecule has 3 aromatic rings. The maximum Gasteiger partial charge on any atom is 0.134 e. The molecule has 144 valence electrons. The van der Waals surface area contributed by atoms with E-state index in [4.69, 9.17) is 9.15 Å². The molecule has 3 rings (SSSR count). The minimum absolute atomic E-state index is 0. The molecule has 0 aliphatic rings. The van der Waals surface area contributed by atoms with Gasteiger partial charge in [-0.2, -0.15) is 0 Å². The molecule has 2 aromatic carbocycles. The molecule has 5 heteroatoms. The number of rotatable bonds is 7. The van der Waals surface area contributed by atoms with Crippen molar-refractivity contribution in [2.45, 2.75) is 6.42 Å². The number of hydrogen-bond acceptors (Lipinski definition) is 3. The normalized spacial score (nSPS) is 12.1. The standard InChI is InChI=1S/C22H27N2O2.HI/c1-23-22(20-16-26-21-9-6-5-8-19(20)21)17-10-12-18(13-11-17)25-15-7-14-24(2,3)4;/h5-6,8-13,16H,7,14-15H2,1-4H3;1H/q+1;/p-1. The summed E-state index contributed by atoms with van der Waals surface area (Å²) in [4.78, 5) is 4.50. The smallest absolute Gasteiger partial charge is 0.134 e. The summed E-state index contributed by atoms with van der Waals surface area (Å²) in [6.07, 6.45) is 2.82. The van der Waals surface area contributed by atoms with Gasteiger partial charge in [0.25, 0.3) is 0 Å². The number of halogens is 1. The van der Waals surface area contributed by atoms with Gasteiger partial charge in [0, 0.05) is 30.0 Å². The predicted octanol–water partition coefficient (Wildman–Crippen LogP) is 1.38. The van der Waals surface area contributed by atoms with Gasteiger partial charge in [0.05, 0.1) is 40.0 Å². The molecule has 0 saturated carbocycles. The summed E-state index contributed by atoms with van der Waals surface area (Å²) < 4.78 is 12.5. The van der Waals surface area contributed by atoms with Gasteiger partial charge in [-0.1, -0.05) is 18.2 Å². The third-order valence-corrected chi connectivity index (χ3v) is 4.33. The Bertz CT molecular complexity index is 893. The number of ether oxygens (including phenoxy) is 1. The van der Waals surface area contributed by atoms with Crippen molar-refractivity contribution in [3.63, 3.8) is 0 Å². The monoisotopic (exact) mass is 478 g/mol. The van der Waals surface area contributed by atoms with E-state index in [1.54, 1.807) is 6.26 Å². The molecule has 0 aliphatic heterocycles. The van der Waals surface area contributed by atoms with Gasteiger partial charge in [-0.25, -0.2) is 0 Å². The topological polar surface area (TPSA) is 34.7 Å². The van der Waals surface area contributed by atoms with Crippen LogP contribution in [0.4, 0.5) is 0 Å². The molecule has 0 N–H and O–H groups in total. The van der Waals surface area contributed by atoms with Gasteiger partial charge in [-0.05, 0) is 30.3 Å². The van der Waals surface area contributed by atoms with Crippen molar-refractivity contribution in [1.29, 1.82) is 0 Å². The molecule has 0 fully saturated rings. The van der Waals surface area contributed by atoms with Crippen LogP contribution in [0.5, 0.6) is 5.75 Å². The first-order chi connectivity index (χ1) is 12.5. The largest absolute Gasteiger partial charge is 1.00 e. The van der Waals surface area contributed by atoms with E-state index >= 15 is 0 Å². The van der Waals surface area contributed by atoms with Crippen LogP contribution in [-0.4, -0.2) is 51.5 Å². The lowest BCUT2D eigenvalue weighted by atomic mass is 10.0. The van der Waals surface area contributed by atoms with Crippen molar-refractivity contribution in [2.75, 3.05) is 41.3 Å². The summed E-state index contributed by atoms with van der Waals surface area (Å²) in [7, 11) is 8.40. The Hall–Kier alpha value is -1.86. The minimum Gasteiger partial charge on any atom is -1.00 e. The Kier molecular flexibility index (Phi) is 7.44. The van der Waals surface area contributed by atoms with Crippen LogP contribution >= 0.6 is 0 Å². The minimum atomic E-state index is 0. The molecule has 0 bridgehead atoms. The maximum atomic E-state index is 5.86. The van der Waals surface area contributed by atoms with E-state index < -0.39 is 0 Å². The SMILES string of the molecule is CN=C(c1ccc(OCCC[N+](C)(C)C)cc1)c1coc2ccccc12.[I-]. The fraction of sp³-hybridized carbons (Fsp3) is 0.318. The summed E-state index contributed by atoms with van der Waals surface area (Å²) in [5.41, 5.74) is 3.87. The van der Waals surface area contributed by atoms with E-state index in [1.165, 1.54) is 0 Å². The summed E-state index contributed by atoms with van der Waals surface area (Å²) in [5, 5.41) is 1.08. The number of quaternary nitrogens is 1. The van der Waals surface area contributed by atoms with Crippen molar-refractivity contribution < 1.29 is 37.6 Å². The van der Waals surface area contributed by atoms with E-state index in [0.29, 0.717) is 0 Å². The molecule has 1 aromatic heterocycles. The Morgan fingerprint density at radius 2 is 1.74 bits per heavy atom. The second-order valence-electron chi connectivity index (χ2n) is 7.46. The third-order valence-electron chi connectivity index (χ3n) is 4.33. The maximum absolute atomic E-state index is 5.86. The van der Waals surface area contributed by atoms with Gasteiger partial charge < -0.3 is 37.6 Å². The first-order valence-corrected chi connectivity index (χ1v) is 8.95. The predicted molar refractivity (Wildman–Crippen MR) is 107 cm³/mol.